The highest BCUT2D eigenvalue weighted by Gasteiger charge is 2.12. The number of hydrogen-bond donors (Lipinski definition) is 0. The van der Waals surface area contributed by atoms with Gasteiger partial charge in [0.25, 0.3) is 0 Å². The molecule has 1 heteroatoms. The molecule has 114 valence electrons. The van der Waals surface area contributed by atoms with Crippen molar-refractivity contribution in [1.82, 2.24) is 0 Å². The molecule has 0 bridgehead atoms. The van der Waals surface area contributed by atoms with Crippen molar-refractivity contribution < 1.29 is 4.79 Å². The number of hydrogen-bond acceptors (Lipinski definition) is 1. The molecule has 0 spiro atoms. The van der Waals surface area contributed by atoms with E-state index in [9.17, 15) is 4.79 Å². The Bertz CT molecular complexity index is 320. The predicted molar refractivity (Wildman–Crippen MR) is 92.0 cm³/mol. The third kappa shape index (κ3) is 7.93. The maximum atomic E-state index is 11.9. The summed E-state index contributed by atoms with van der Waals surface area (Å²) in [4.78, 5) is 11.9. The van der Waals surface area contributed by atoms with Gasteiger partial charge in [-0.25, -0.2) is 0 Å². The molecule has 0 radical (unpaired) electrons. The van der Waals surface area contributed by atoms with Gasteiger partial charge in [0.1, 0.15) is 0 Å². The van der Waals surface area contributed by atoms with Gasteiger partial charge in [-0.05, 0) is 25.7 Å². The fourth-order valence-corrected chi connectivity index (χ4v) is 1.73. The van der Waals surface area contributed by atoms with Crippen molar-refractivity contribution in [2.24, 2.45) is 0 Å². The molecule has 0 atom stereocenters. The van der Waals surface area contributed by atoms with E-state index >= 15 is 0 Å². The van der Waals surface area contributed by atoms with Gasteiger partial charge < -0.3 is 0 Å². The van der Waals surface area contributed by atoms with Crippen LogP contribution in [-0.4, -0.2) is 5.78 Å². The lowest BCUT2D eigenvalue weighted by molar-refractivity contribution is -0.111. The number of allylic oxidation sites excluding steroid dienone is 8. The van der Waals surface area contributed by atoms with E-state index in [-0.39, 0.29) is 5.78 Å². The van der Waals surface area contributed by atoms with E-state index in [0.717, 1.165) is 36.8 Å². The summed E-state index contributed by atoms with van der Waals surface area (Å²) >= 11 is 0. The van der Waals surface area contributed by atoms with Crippen LogP contribution in [0.25, 0.3) is 0 Å². The standard InChI is InChI=1S/C13H14O.3C2H6/c14-13(11-7-3-1-4-8-11)12-9-5-2-6-10-12;3*1-2/h3,5,7-10H,1-2,4,6H2;3*1-2H3. The van der Waals surface area contributed by atoms with Crippen LogP contribution in [0.2, 0.25) is 0 Å². The van der Waals surface area contributed by atoms with Crippen molar-refractivity contribution in [2.45, 2.75) is 67.2 Å². The molecule has 20 heavy (non-hydrogen) atoms. The first-order valence-corrected chi connectivity index (χ1v) is 8.16. The van der Waals surface area contributed by atoms with E-state index in [4.69, 9.17) is 0 Å². The van der Waals surface area contributed by atoms with Crippen LogP contribution in [0.3, 0.4) is 0 Å². The molecule has 2 aliphatic rings. The highest BCUT2D eigenvalue weighted by Crippen LogP contribution is 2.18. The molecule has 0 amide bonds. The average Bonchev–Trinajstić information content (AvgIpc) is 2.61. The van der Waals surface area contributed by atoms with Crippen LogP contribution in [0.1, 0.15) is 67.2 Å². The summed E-state index contributed by atoms with van der Waals surface area (Å²) in [5.41, 5.74) is 1.71. The molecule has 2 rings (SSSR count). The summed E-state index contributed by atoms with van der Waals surface area (Å²) in [7, 11) is 0. The Morgan fingerprint density at radius 2 is 1.05 bits per heavy atom. The predicted octanol–water partition coefficient (Wildman–Crippen LogP) is 6.19. The molecule has 2 aliphatic carbocycles. The van der Waals surface area contributed by atoms with Crippen LogP contribution in [0.15, 0.2) is 47.6 Å². The maximum absolute atomic E-state index is 11.9. The first-order valence-electron chi connectivity index (χ1n) is 8.16. The van der Waals surface area contributed by atoms with E-state index in [0.29, 0.717) is 0 Å². The Labute approximate surface area is 126 Å². The second-order valence-corrected chi connectivity index (χ2v) is 3.61. The zero-order valence-corrected chi connectivity index (χ0v) is 14.2. The number of Topliss-reactive ketones (excluding diaryl/α,β-unsaturated/α-hetero) is 1. The number of rotatable bonds is 2. The molecule has 0 unspecified atom stereocenters. The lowest BCUT2D eigenvalue weighted by atomic mass is 9.95. The maximum Gasteiger partial charge on any atom is 0.192 e. The van der Waals surface area contributed by atoms with Crippen LogP contribution in [0.4, 0.5) is 0 Å². The fraction of sp³-hybridized carbons (Fsp3) is 0.526. The van der Waals surface area contributed by atoms with Crippen LogP contribution in [0.5, 0.6) is 0 Å². The van der Waals surface area contributed by atoms with Gasteiger partial charge in [-0.15, -0.1) is 0 Å². The van der Waals surface area contributed by atoms with Crippen molar-refractivity contribution >= 4 is 5.78 Å². The molecule has 0 fully saturated rings. The largest absolute Gasteiger partial charge is 0.289 e. The quantitative estimate of drug-likeness (QED) is 0.588. The van der Waals surface area contributed by atoms with Crippen molar-refractivity contribution in [3.05, 3.63) is 47.6 Å². The highest BCUT2D eigenvalue weighted by atomic mass is 16.1. The summed E-state index contributed by atoms with van der Waals surface area (Å²) < 4.78 is 0. The molecule has 0 aliphatic heterocycles. The minimum Gasteiger partial charge on any atom is -0.289 e. The van der Waals surface area contributed by atoms with E-state index in [1.54, 1.807) is 0 Å². The van der Waals surface area contributed by atoms with Gasteiger partial charge in [-0.2, -0.15) is 0 Å². The highest BCUT2D eigenvalue weighted by molar-refractivity contribution is 6.12. The van der Waals surface area contributed by atoms with Crippen LogP contribution in [-0.2, 0) is 4.79 Å². The average molecular weight is 276 g/mol. The molecular weight excluding hydrogens is 244 g/mol. The Morgan fingerprint density at radius 3 is 1.30 bits per heavy atom. The van der Waals surface area contributed by atoms with Crippen LogP contribution >= 0.6 is 0 Å². The summed E-state index contributed by atoms with van der Waals surface area (Å²) in [6, 6.07) is 0. The summed E-state index contributed by atoms with van der Waals surface area (Å²) in [5.74, 6) is 0.178. The second-order valence-electron chi connectivity index (χ2n) is 3.61. The number of carbonyl (C=O) groups is 1. The Morgan fingerprint density at radius 1 is 0.700 bits per heavy atom. The number of carbonyl (C=O) groups excluding carboxylic acids is 1. The van der Waals surface area contributed by atoms with Gasteiger partial charge in [0.2, 0.25) is 0 Å². The molecule has 0 aromatic heterocycles. The van der Waals surface area contributed by atoms with E-state index in [2.05, 4.69) is 12.2 Å². The molecule has 0 N–H and O–H groups in total. The summed E-state index contributed by atoms with van der Waals surface area (Å²) in [5, 5.41) is 0. The molecular formula is C19H32O. The molecule has 0 saturated carbocycles. The molecule has 0 saturated heterocycles. The van der Waals surface area contributed by atoms with E-state index in [1.165, 1.54) is 0 Å². The smallest absolute Gasteiger partial charge is 0.192 e. The molecule has 1 nitrogen and oxygen atoms in total. The SMILES string of the molecule is CC.CC.CC.O=C(C1=CCCC=C1)C1=CCCC=C1. The van der Waals surface area contributed by atoms with E-state index < -0.39 is 0 Å². The minimum atomic E-state index is 0.178. The van der Waals surface area contributed by atoms with Crippen molar-refractivity contribution in [2.75, 3.05) is 0 Å². The Balaban J connectivity index is 0. The summed E-state index contributed by atoms with van der Waals surface area (Å²) in [6.45, 7) is 12.0. The molecule has 0 aromatic carbocycles. The number of ketones is 1. The third-order valence-corrected chi connectivity index (χ3v) is 2.51. The van der Waals surface area contributed by atoms with Gasteiger partial charge in [-0.1, -0.05) is 78.0 Å². The normalized spacial score (nSPS) is 15.1. The van der Waals surface area contributed by atoms with Gasteiger partial charge in [0.15, 0.2) is 5.78 Å². The van der Waals surface area contributed by atoms with Gasteiger partial charge in [0, 0.05) is 11.1 Å². The fourth-order valence-electron chi connectivity index (χ4n) is 1.73. The van der Waals surface area contributed by atoms with Crippen LogP contribution in [0, 0.1) is 0 Å². The van der Waals surface area contributed by atoms with Crippen molar-refractivity contribution in [3.8, 4) is 0 Å². The monoisotopic (exact) mass is 276 g/mol. The third-order valence-electron chi connectivity index (χ3n) is 2.51. The van der Waals surface area contributed by atoms with Gasteiger partial charge >= 0.3 is 0 Å². The van der Waals surface area contributed by atoms with Crippen molar-refractivity contribution in [3.63, 3.8) is 0 Å². The van der Waals surface area contributed by atoms with Crippen molar-refractivity contribution in [1.29, 1.82) is 0 Å². The summed E-state index contributed by atoms with van der Waals surface area (Å²) in [6.07, 6.45) is 16.2. The minimum absolute atomic E-state index is 0.178. The lowest BCUT2D eigenvalue weighted by Gasteiger charge is -2.08. The molecule has 0 heterocycles. The zero-order chi connectivity index (χ0) is 15.8. The first kappa shape index (κ1) is 20.9. The van der Waals surface area contributed by atoms with Gasteiger partial charge in [0.05, 0.1) is 0 Å². The lowest BCUT2D eigenvalue weighted by Crippen LogP contribution is -2.06. The Hall–Kier alpha value is -1.37. The topological polar surface area (TPSA) is 17.1 Å². The second kappa shape index (κ2) is 15.7. The zero-order valence-electron chi connectivity index (χ0n) is 14.2. The van der Waals surface area contributed by atoms with E-state index in [1.807, 2.05) is 65.8 Å². The molecule has 0 aromatic rings. The Kier molecular flexibility index (Phi) is 16.4. The van der Waals surface area contributed by atoms with Crippen LogP contribution < -0.4 is 0 Å². The first-order chi connectivity index (χ1) is 9.88. The van der Waals surface area contributed by atoms with Gasteiger partial charge in [-0.3, -0.25) is 4.79 Å².